The van der Waals surface area contributed by atoms with Crippen molar-refractivity contribution in [2.45, 2.75) is 12.5 Å². The Morgan fingerprint density at radius 1 is 1.64 bits per heavy atom. The zero-order valence-corrected chi connectivity index (χ0v) is 5.36. The molecule has 1 unspecified atom stereocenters. The number of alkyl carbamates (subject to hydrolysis) is 1. The van der Waals surface area contributed by atoms with Gasteiger partial charge in [0.25, 0.3) is 0 Å². The summed E-state index contributed by atoms with van der Waals surface area (Å²) < 4.78 is 4.02. The second kappa shape index (κ2) is 2.57. The number of esters is 1. The van der Waals surface area contributed by atoms with Crippen LogP contribution in [-0.4, -0.2) is 29.2 Å². The molecule has 0 aromatic heterocycles. The summed E-state index contributed by atoms with van der Waals surface area (Å²) >= 11 is 0. The zero-order chi connectivity index (χ0) is 8.43. The van der Waals surface area contributed by atoms with Gasteiger partial charge in [0.15, 0.2) is 0 Å². The van der Waals surface area contributed by atoms with Crippen LogP contribution in [-0.2, 0) is 14.3 Å². The van der Waals surface area contributed by atoms with Crippen molar-refractivity contribution in [3.8, 4) is 0 Å². The number of carboxylic acids is 1. The lowest BCUT2D eigenvalue weighted by Gasteiger charge is -1.98. The summed E-state index contributed by atoms with van der Waals surface area (Å²) in [6, 6.07) is -1.03. The van der Waals surface area contributed by atoms with E-state index in [2.05, 4.69) is 4.74 Å². The van der Waals surface area contributed by atoms with E-state index in [1.807, 2.05) is 5.32 Å². The summed E-state index contributed by atoms with van der Waals surface area (Å²) in [6.07, 6.45) is -1.33. The predicted molar refractivity (Wildman–Crippen MR) is 30.7 cm³/mol. The number of carbonyl (C=O) groups is 3. The van der Waals surface area contributed by atoms with E-state index < -0.39 is 30.5 Å². The molecule has 1 aliphatic heterocycles. The third-order valence-electron chi connectivity index (χ3n) is 1.15. The molecule has 0 aromatic rings. The highest BCUT2D eigenvalue weighted by Gasteiger charge is 2.33. The molecule has 1 saturated heterocycles. The minimum atomic E-state index is -1.16. The summed E-state index contributed by atoms with van der Waals surface area (Å²) in [5.41, 5.74) is 0. The van der Waals surface area contributed by atoms with Crippen molar-refractivity contribution in [1.82, 2.24) is 5.32 Å². The van der Waals surface area contributed by atoms with Gasteiger partial charge < -0.3 is 15.2 Å². The molecule has 6 nitrogen and oxygen atoms in total. The van der Waals surface area contributed by atoms with Crippen LogP contribution in [0.1, 0.15) is 6.42 Å². The van der Waals surface area contributed by atoms with Crippen molar-refractivity contribution in [3.05, 3.63) is 0 Å². The topological polar surface area (TPSA) is 92.7 Å². The summed E-state index contributed by atoms with van der Waals surface area (Å²) in [6.45, 7) is 0. The third kappa shape index (κ3) is 1.66. The van der Waals surface area contributed by atoms with Gasteiger partial charge in [-0.25, -0.2) is 9.59 Å². The molecule has 0 radical (unpaired) electrons. The SMILES string of the molecule is O=C(O)CC1NC(=O)OC1=O. The number of ether oxygens (including phenoxy) is 1. The van der Waals surface area contributed by atoms with Crippen molar-refractivity contribution < 1.29 is 24.2 Å². The number of hydrogen-bond donors (Lipinski definition) is 2. The van der Waals surface area contributed by atoms with Gasteiger partial charge in [0, 0.05) is 0 Å². The highest BCUT2D eigenvalue weighted by Crippen LogP contribution is 2.03. The summed E-state index contributed by atoms with van der Waals surface area (Å²) in [5, 5.41) is 10.3. The molecule has 0 aromatic carbocycles. The van der Waals surface area contributed by atoms with E-state index in [-0.39, 0.29) is 0 Å². The fourth-order valence-corrected chi connectivity index (χ4v) is 0.702. The van der Waals surface area contributed by atoms with Crippen LogP contribution < -0.4 is 5.32 Å². The van der Waals surface area contributed by atoms with Crippen LogP contribution >= 0.6 is 0 Å². The molecule has 0 spiro atoms. The second-order valence-corrected chi connectivity index (χ2v) is 2.00. The van der Waals surface area contributed by atoms with Gasteiger partial charge in [0.1, 0.15) is 6.04 Å². The standard InChI is InChI=1S/C5H5NO5/c7-3(8)1-2-4(9)11-5(10)6-2/h2H,1H2,(H,6,10)(H,7,8). The number of aliphatic carboxylic acids is 1. The molecule has 11 heavy (non-hydrogen) atoms. The van der Waals surface area contributed by atoms with Gasteiger partial charge in [-0.3, -0.25) is 4.79 Å². The Balaban J connectivity index is 2.53. The number of carbonyl (C=O) groups excluding carboxylic acids is 2. The lowest BCUT2D eigenvalue weighted by Crippen LogP contribution is -2.31. The van der Waals surface area contributed by atoms with E-state index >= 15 is 0 Å². The first-order valence-electron chi connectivity index (χ1n) is 2.83. The molecule has 60 valence electrons. The van der Waals surface area contributed by atoms with E-state index in [1.165, 1.54) is 0 Å². The molecule has 1 aliphatic rings. The Morgan fingerprint density at radius 3 is 2.64 bits per heavy atom. The highest BCUT2D eigenvalue weighted by atomic mass is 16.6. The largest absolute Gasteiger partial charge is 0.481 e. The van der Waals surface area contributed by atoms with E-state index in [1.54, 1.807) is 0 Å². The summed E-state index contributed by atoms with van der Waals surface area (Å²) in [7, 11) is 0. The molecule has 1 amide bonds. The average molecular weight is 159 g/mol. The van der Waals surface area contributed by atoms with Gasteiger partial charge in [0.05, 0.1) is 6.42 Å². The molecular formula is C5H5NO5. The lowest BCUT2D eigenvalue weighted by atomic mass is 10.2. The first-order valence-corrected chi connectivity index (χ1v) is 2.83. The van der Waals surface area contributed by atoms with Gasteiger partial charge >= 0.3 is 18.0 Å². The van der Waals surface area contributed by atoms with E-state index in [4.69, 9.17) is 5.11 Å². The van der Waals surface area contributed by atoms with Gasteiger partial charge in [-0.1, -0.05) is 0 Å². The summed E-state index contributed by atoms with van der Waals surface area (Å²) in [5.74, 6) is -1.99. The van der Waals surface area contributed by atoms with Crippen LogP contribution in [0.25, 0.3) is 0 Å². The maximum Gasteiger partial charge on any atom is 0.415 e. The fourth-order valence-electron chi connectivity index (χ4n) is 0.702. The van der Waals surface area contributed by atoms with Crippen molar-refractivity contribution in [2.75, 3.05) is 0 Å². The molecule has 1 rings (SSSR count). The molecule has 1 atom stereocenters. The minimum absolute atomic E-state index is 0.440. The van der Waals surface area contributed by atoms with E-state index in [0.29, 0.717) is 0 Å². The normalized spacial score (nSPS) is 22.7. The van der Waals surface area contributed by atoms with Crippen LogP contribution in [0.2, 0.25) is 0 Å². The zero-order valence-electron chi connectivity index (χ0n) is 5.36. The first kappa shape index (κ1) is 7.52. The van der Waals surface area contributed by atoms with Crippen LogP contribution in [0.3, 0.4) is 0 Å². The number of nitrogens with one attached hydrogen (secondary N) is 1. The smallest absolute Gasteiger partial charge is 0.415 e. The van der Waals surface area contributed by atoms with Crippen LogP contribution in [0.5, 0.6) is 0 Å². The first-order chi connectivity index (χ1) is 5.09. The number of carboxylic acid groups (broad SMARTS) is 1. The van der Waals surface area contributed by atoms with Crippen molar-refractivity contribution >= 4 is 18.0 Å². The van der Waals surface area contributed by atoms with E-state index in [0.717, 1.165) is 0 Å². The van der Waals surface area contributed by atoms with Crippen molar-refractivity contribution in [1.29, 1.82) is 0 Å². The second-order valence-electron chi connectivity index (χ2n) is 2.00. The Hall–Kier alpha value is -1.59. The minimum Gasteiger partial charge on any atom is -0.481 e. The van der Waals surface area contributed by atoms with Gasteiger partial charge in [-0.05, 0) is 0 Å². The highest BCUT2D eigenvalue weighted by molar-refractivity contribution is 5.97. The van der Waals surface area contributed by atoms with Crippen LogP contribution in [0.4, 0.5) is 4.79 Å². The monoisotopic (exact) mass is 159 g/mol. The number of amides is 1. The Kier molecular flexibility index (Phi) is 1.75. The Morgan fingerprint density at radius 2 is 2.27 bits per heavy atom. The third-order valence-corrected chi connectivity index (χ3v) is 1.15. The molecule has 0 bridgehead atoms. The van der Waals surface area contributed by atoms with Gasteiger partial charge in [0.2, 0.25) is 0 Å². The van der Waals surface area contributed by atoms with Crippen molar-refractivity contribution in [2.24, 2.45) is 0 Å². The predicted octanol–water partition coefficient (Wildman–Crippen LogP) is -0.904. The molecule has 2 N–H and O–H groups in total. The quantitative estimate of drug-likeness (QED) is 0.402. The Labute approximate surface area is 61.1 Å². The van der Waals surface area contributed by atoms with Crippen molar-refractivity contribution in [3.63, 3.8) is 0 Å². The molecule has 6 heteroatoms. The average Bonchev–Trinajstić information content (AvgIpc) is 2.09. The number of hydrogen-bond acceptors (Lipinski definition) is 4. The maximum absolute atomic E-state index is 10.6. The number of cyclic esters (lactones) is 2. The summed E-state index contributed by atoms with van der Waals surface area (Å²) in [4.78, 5) is 30.9. The van der Waals surface area contributed by atoms with Crippen LogP contribution in [0.15, 0.2) is 0 Å². The lowest BCUT2D eigenvalue weighted by molar-refractivity contribution is -0.142. The van der Waals surface area contributed by atoms with Gasteiger partial charge in [-0.15, -0.1) is 0 Å². The van der Waals surface area contributed by atoms with Crippen LogP contribution in [0, 0.1) is 0 Å². The molecular weight excluding hydrogens is 154 g/mol. The fraction of sp³-hybridized carbons (Fsp3) is 0.400. The maximum atomic E-state index is 10.6. The number of rotatable bonds is 2. The molecule has 0 aliphatic carbocycles. The molecule has 1 fully saturated rings. The van der Waals surface area contributed by atoms with E-state index in [9.17, 15) is 14.4 Å². The Bertz CT molecular complexity index is 223. The molecule has 0 saturated carbocycles. The molecule has 1 heterocycles. The van der Waals surface area contributed by atoms with Gasteiger partial charge in [-0.2, -0.15) is 0 Å².